The Hall–Kier alpha value is -1.26. The van der Waals surface area contributed by atoms with Crippen molar-refractivity contribution in [1.82, 2.24) is 4.90 Å². The fourth-order valence-electron chi connectivity index (χ4n) is 2.37. The molecule has 0 heterocycles. The summed E-state index contributed by atoms with van der Waals surface area (Å²) in [6.45, 7) is 1.99. The maximum absolute atomic E-state index is 6.30. The first-order valence-corrected chi connectivity index (χ1v) is 6.80. The van der Waals surface area contributed by atoms with Gasteiger partial charge in [-0.25, -0.2) is 0 Å². The Kier molecular flexibility index (Phi) is 4.66. The summed E-state index contributed by atoms with van der Waals surface area (Å²) in [5.74, 6) is 2.47. The van der Waals surface area contributed by atoms with Crippen LogP contribution in [0.25, 0.3) is 0 Å². The molecule has 1 aromatic carbocycles. The normalized spacial score (nSPS) is 16.5. The van der Waals surface area contributed by atoms with Crippen LogP contribution in [0.5, 0.6) is 11.5 Å². The molecule has 1 unspecified atom stereocenters. The minimum Gasteiger partial charge on any atom is -0.497 e. The fraction of sp³-hybridized carbons (Fsp3) is 0.600. The lowest BCUT2D eigenvalue weighted by Crippen LogP contribution is -2.30. The molecule has 2 N–H and O–H groups in total. The van der Waals surface area contributed by atoms with Gasteiger partial charge in [-0.2, -0.15) is 0 Å². The van der Waals surface area contributed by atoms with Crippen molar-refractivity contribution >= 4 is 0 Å². The van der Waals surface area contributed by atoms with Crippen LogP contribution in [0.15, 0.2) is 18.2 Å². The lowest BCUT2D eigenvalue weighted by atomic mass is 10.1. The molecule has 1 aromatic rings. The highest BCUT2D eigenvalue weighted by Crippen LogP contribution is 2.31. The molecule has 0 aromatic heterocycles. The van der Waals surface area contributed by atoms with Gasteiger partial charge in [-0.3, -0.25) is 0 Å². The van der Waals surface area contributed by atoms with Crippen LogP contribution >= 0.6 is 0 Å². The van der Waals surface area contributed by atoms with Crippen molar-refractivity contribution in [3.8, 4) is 11.5 Å². The lowest BCUT2D eigenvalue weighted by Gasteiger charge is -2.23. The molecule has 1 saturated carbocycles. The number of ether oxygens (including phenoxy) is 2. The van der Waals surface area contributed by atoms with E-state index in [1.165, 1.54) is 12.8 Å². The molecule has 1 atom stereocenters. The summed E-state index contributed by atoms with van der Waals surface area (Å²) in [6, 6.07) is 5.77. The average molecular weight is 264 g/mol. The predicted octanol–water partition coefficient (Wildman–Crippen LogP) is 2.05. The molecule has 1 fully saturated rings. The molecule has 0 saturated heterocycles. The van der Waals surface area contributed by atoms with E-state index in [2.05, 4.69) is 11.9 Å². The van der Waals surface area contributed by atoms with E-state index in [1.807, 2.05) is 18.2 Å². The summed E-state index contributed by atoms with van der Waals surface area (Å²) < 4.78 is 10.6. The molecule has 4 nitrogen and oxygen atoms in total. The van der Waals surface area contributed by atoms with E-state index >= 15 is 0 Å². The second-order valence-corrected chi connectivity index (χ2v) is 5.38. The molecule has 0 amide bonds. The molecule has 19 heavy (non-hydrogen) atoms. The first-order chi connectivity index (χ1) is 9.13. The van der Waals surface area contributed by atoms with Crippen molar-refractivity contribution in [3.05, 3.63) is 23.8 Å². The highest BCUT2D eigenvalue weighted by molar-refractivity contribution is 5.42. The van der Waals surface area contributed by atoms with E-state index in [0.29, 0.717) is 0 Å². The molecule has 1 aliphatic rings. The molecule has 0 aliphatic heterocycles. The first kappa shape index (κ1) is 14.2. The van der Waals surface area contributed by atoms with Crippen LogP contribution in [0.3, 0.4) is 0 Å². The number of hydrogen-bond donors (Lipinski definition) is 1. The summed E-state index contributed by atoms with van der Waals surface area (Å²) in [4.78, 5) is 2.31. The third-order valence-corrected chi connectivity index (χ3v) is 3.62. The maximum Gasteiger partial charge on any atom is 0.127 e. The van der Waals surface area contributed by atoms with Crippen molar-refractivity contribution in [1.29, 1.82) is 0 Å². The number of benzene rings is 1. The van der Waals surface area contributed by atoms with E-state index in [0.717, 1.165) is 36.1 Å². The van der Waals surface area contributed by atoms with Crippen LogP contribution < -0.4 is 15.2 Å². The number of rotatable bonds is 7. The Morgan fingerprint density at radius 1 is 1.32 bits per heavy atom. The zero-order chi connectivity index (χ0) is 13.8. The summed E-state index contributed by atoms with van der Waals surface area (Å²) in [6.07, 6.45) is 2.73. The van der Waals surface area contributed by atoms with Gasteiger partial charge in [0.25, 0.3) is 0 Å². The van der Waals surface area contributed by atoms with Gasteiger partial charge < -0.3 is 20.1 Å². The standard InChI is InChI=1S/C15H24N2O2/c1-17(9-11-4-5-11)10-14(16)13-7-6-12(18-2)8-15(13)19-3/h6-8,11,14H,4-5,9-10,16H2,1-3H3. The second kappa shape index (κ2) is 6.26. The number of nitrogens with two attached hydrogens (primary N) is 1. The van der Waals surface area contributed by atoms with Gasteiger partial charge in [-0.15, -0.1) is 0 Å². The van der Waals surface area contributed by atoms with Gasteiger partial charge in [0.2, 0.25) is 0 Å². The van der Waals surface area contributed by atoms with E-state index in [4.69, 9.17) is 15.2 Å². The van der Waals surface area contributed by atoms with Crippen molar-refractivity contribution in [2.24, 2.45) is 11.7 Å². The Labute approximate surface area is 115 Å². The van der Waals surface area contributed by atoms with E-state index < -0.39 is 0 Å². The Bertz CT molecular complexity index is 419. The summed E-state index contributed by atoms with van der Waals surface area (Å²) in [7, 11) is 5.45. The van der Waals surface area contributed by atoms with Crippen molar-refractivity contribution in [2.45, 2.75) is 18.9 Å². The minimum absolute atomic E-state index is 0.0374. The number of methoxy groups -OCH3 is 2. The Balaban J connectivity index is 2.02. The third kappa shape index (κ3) is 3.85. The zero-order valence-electron chi connectivity index (χ0n) is 12.1. The monoisotopic (exact) mass is 264 g/mol. The van der Waals surface area contributed by atoms with E-state index in [1.54, 1.807) is 14.2 Å². The van der Waals surface area contributed by atoms with Crippen LogP contribution in [0.1, 0.15) is 24.4 Å². The van der Waals surface area contributed by atoms with Crippen molar-refractivity contribution in [2.75, 3.05) is 34.4 Å². The fourth-order valence-corrected chi connectivity index (χ4v) is 2.37. The number of likely N-dealkylation sites (N-methyl/N-ethyl adjacent to an activating group) is 1. The molecule has 2 rings (SSSR count). The number of hydrogen-bond acceptors (Lipinski definition) is 4. The van der Waals surface area contributed by atoms with Crippen LogP contribution in [-0.2, 0) is 0 Å². The molecule has 0 radical (unpaired) electrons. The Morgan fingerprint density at radius 2 is 2.05 bits per heavy atom. The average Bonchev–Trinajstić information content (AvgIpc) is 3.21. The van der Waals surface area contributed by atoms with Gasteiger partial charge in [0.1, 0.15) is 11.5 Å². The molecular weight excluding hydrogens is 240 g/mol. The largest absolute Gasteiger partial charge is 0.497 e. The summed E-state index contributed by atoms with van der Waals surface area (Å²) in [5.41, 5.74) is 7.33. The van der Waals surface area contributed by atoms with E-state index in [-0.39, 0.29) is 6.04 Å². The summed E-state index contributed by atoms with van der Waals surface area (Å²) >= 11 is 0. The zero-order valence-corrected chi connectivity index (χ0v) is 12.1. The molecule has 0 spiro atoms. The SMILES string of the molecule is COc1ccc(C(N)CN(C)CC2CC2)c(OC)c1. The van der Waals surface area contributed by atoms with Crippen LogP contribution in [0.2, 0.25) is 0 Å². The van der Waals surface area contributed by atoms with Crippen molar-refractivity contribution in [3.63, 3.8) is 0 Å². The van der Waals surface area contributed by atoms with Crippen LogP contribution in [-0.4, -0.2) is 39.3 Å². The van der Waals surface area contributed by atoms with Gasteiger partial charge in [-0.05, 0) is 31.9 Å². The van der Waals surface area contributed by atoms with Crippen LogP contribution in [0.4, 0.5) is 0 Å². The highest BCUT2D eigenvalue weighted by Gasteiger charge is 2.24. The quantitative estimate of drug-likeness (QED) is 0.819. The molecule has 0 bridgehead atoms. The van der Waals surface area contributed by atoms with Gasteiger partial charge in [0.15, 0.2) is 0 Å². The topological polar surface area (TPSA) is 47.7 Å². The van der Waals surface area contributed by atoms with Gasteiger partial charge >= 0.3 is 0 Å². The van der Waals surface area contributed by atoms with Gasteiger partial charge in [0, 0.05) is 30.8 Å². The third-order valence-electron chi connectivity index (χ3n) is 3.62. The Morgan fingerprint density at radius 3 is 2.63 bits per heavy atom. The molecule has 106 valence electrons. The van der Waals surface area contributed by atoms with Gasteiger partial charge in [0.05, 0.1) is 14.2 Å². The van der Waals surface area contributed by atoms with Crippen LogP contribution in [0, 0.1) is 5.92 Å². The second-order valence-electron chi connectivity index (χ2n) is 5.38. The predicted molar refractivity (Wildman–Crippen MR) is 76.7 cm³/mol. The summed E-state index contributed by atoms with van der Waals surface area (Å²) in [5, 5.41) is 0. The maximum atomic E-state index is 6.30. The van der Waals surface area contributed by atoms with E-state index in [9.17, 15) is 0 Å². The van der Waals surface area contributed by atoms with Gasteiger partial charge in [-0.1, -0.05) is 6.07 Å². The molecular formula is C15H24N2O2. The number of nitrogens with zero attached hydrogens (tertiary/aromatic N) is 1. The first-order valence-electron chi connectivity index (χ1n) is 6.80. The smallest absolute Gasteiger partial charge is 0.127 e. The molecule has 1 aliphatic carbocycles. The highest BCUT2D eigenvalue weighted by atomic mass is 16.5. The minimum atomic E-state index is -0.0374. The lowest BCUT2D eigenvalue weighted by molar-refractivity contribution is 0.296. The van der Waals surface area contributed by atoms with Crippen molar-refractivity contribution < 1.29 is 9.47 Å². The molecule has 4 heteroatoms.